The van der Waals surface area contributed by atoms with Crippen LogP contribution in [0.2, 0.25) is 0 Å². The molecule has 1 saturated carbocycles. The first kappa shape index (κ1) is 20.1. The van der Waals surface area contributed by atoms with Crippen LogP contribution in [-0.2, 0) is 10.0 Å². The summed E-state index contributed by atoms with van der Waals surface area (Å²) >= 11 is 6.35. The van der Waals surface area contributed by atoms with Crippen molar-refractivity contribution in [2.45, 2.75) is 35.6 Å². The van der Waals surface area contributed by atoms with Gasteiger partial charge in [0.15, 0.2) is 5.78 Å². The number of nitrogens with one attached hydrogen (secondary N) is 1. The summed E-state index contributed by atoms with van der Waals surface area (Å²) in [5.74, 6) is -0.556. The predicted octanol–water partition coefficient (Wildman–Crippen LogP) is 4.78. The summed E-state index contributed by atoms with van der Waals surface area (Å²) < 4.78 is 29.3. The van der Waals surface area contributed by atoms with Crippen molar-refractivity contribution in [3.8, 4) is 0 Å². The highest BCUT2D eigenvalue weighted by molar-refractivity contribution is 7.89. The number of hydrogen-bond acceptors (Lipinski definition) is 3. The Bertz CT molecular complexity index is 1130. The molecule has 0 amide bonds. The van der Waals surface area contributed by atoms with Crippen LogP contribution >= 0.6 is 11.6 Å². The number of hydrogen-bond donors (Lipinski definition) is 1. The number of carbonyl (C=O) groups excluding carboxylic acids is 1. The number of Topliss-reactive ketones (excluding diaryl/α,β-unsaturated/α-hetero) is 1. The van der Waals surface area contributed by atoms with Crippen LogP contribution in [-0.4, -0.2) is 25.6 Å². The Morgan fingerprint density at radius 2 is 1.59 bits per heavy atom. The molecule has 1 fully saturated rings. The minimum Gasteiger partial charge on any atom is -0.294 e. The van der Waals surface area contributed by atoms with Crippen LogP contribution in [0.5, 0.6) is 0 Å². The monoisotopic (exact) mass is 427 g/mol. The van der Waals surface area contributed by atoms with Gasteiger partial charge in [0.1, 0.15) is 0 Å². The number of sulfonamides is 1. The number of ketones is 1. The fraction of sp³-hybridized carbons (Fsp3) is 0.261. The summed E-state index contributed by atoms with van der Waals surface area (Å²) in [7, 11) is -3.80. The molecule has 0 bridgehead atoms. The van der Waals surface area contributed by atoms with E-state index in [4.69, 9.17) is 11.6 Å². The molecule has 0 heterocycles. The highest BCUT2D eigenvalue weighted by Gasteiger charge is 2.37. The largest absolute Gasteiger partial charge is 0.294 e. The van der Waals surface area contributed by atoms with Gasteiger partial charge in [0.25, 0.3) is 0 Å². The Balaban J connectivity index is 1.66. The molecule has 3 aromatic rings. The molecular formula is C23H22ClNO3S. The third kappa shape index (κ3) is 4.22. The Labute approximate surface area is 175 Å². The molecule has 1 aliphatic carbocycles. The smallest absolute Gasteiger partial charge is 0.241 e. The standard InChI is InChI=1S/C23H22ClNO3S/c24-18-13-14-21(20(15-18)23(26)17-8-2-1-3-9-17)25-29(27,28)22-12-6-10-16-7-4-5-11-19(16)22/h1-12,18,20-21,25H,13-15H2. The van der Waals surface area contributed by atoms with Crippen molar-refractivity contribution in [1.82, 2.24) is 4.72 Å². The quantitative estimate of drug-likeness (QED) is 0.471. The molecule has 4 nitrogen and oxygen atoms in total. The SMILES string of the molecule is O=C(c1ccccc1)C1CC(Cl)CCC1NS(=O)(=O)c1cccc2ccccc12. The van der Waals surface area contributed by atoms with E-state index in [-0.39, 0.29) is 16.1 Å². The number of alkyl halides is 1. The van der Waals surface area contributed by atoms with Crippen LogP contribution in [0.1, 0.15) is 29.6 Å². The van der Waals surface area contributed by atoms with E-state index in [1.807, 2.05) is 42.5 Å². The van der Waals surface area contributed by atoms with Crippen molar-refractivity contribution in [2.24, 2.45) is 5.92 Å². The Kier molecular flexibility index (Phi) is 5.72. The highest BCUT2D eigenvalue weighted by atomic mass is 35.5. The molecule has 0 aromatic heterocycles. The first-order valence-corrected chi connectivity index (χ1v) is 11.6. The van der Waals surface area contributed by atoms with Crippen molar-refractivity contribution >= 4 is 38.2 Å². The molecule has 0 saturated heterocycles. The topological polar surface area (TPSA) is 63.2 Å². The minimum atomic E-state index is -3.80. The third-order valence-corrected chi connectivity index (χ3v) is 7.47. The molecule has 1 N–H and O–H groups in total. The van der Waals surface area contributed by atoms with Crippen LogP contribution in [0.3, 0.4) is 0 Å². The molecule has 4 rings (SSSR count). The lowest BCUT2D eigenvalue weighted by atomic mass is 9.80. The second-order valence-corrected chi connectivity index (χ2v) is 9.75. The van der Waals surface area contributed by atoms with Crippen LogP contribution in [0.4, 0.5) is 0 Å². The van der Waals surface area contributed by atoms with Crippen molar-refractivity contribution in [1.29, 1.82) is 0 Å². The first-order chi connectivity index (χ1) is 14.0. The lowest BCUT2D eigenvalue weighted by Crippen LogP contribution is -2.47. The molecule has 29 heavy (non-hydrogen) atoms. The van der Waals surface area contributed by atoms with E-state index in [1.165, 1.54) is 0 Å². The summed E-state index contributed by atoms with van der Waals surface area (Å²) in [5.41, 5.74) is 0.581. The molecule has 0 spiro atoms. The van der Waals surface area contributed by atoms with Gasteiger partial charge in [0, 0.05) is 28.3 Å². The molecule has 3 unspecified atom stereocenters. The van der Waals surface area contributed by atoms with E-state index >= 15 is 0 Å². The van der Waals surface area contributed by atoms with Crippen LogP contribution in [0, 0.1) is 5.92 Å². The van der Waals surface area contributed by atoms with Gasteiger partial charge in [-0.3, -0.25) is 4.79 Å². The zero-order chi connectivity index (χ0) is 20.4. The van der Waals surface area contributed by atoms with Gasteiger partial charge in [-0.25, -0.2) is 13.1 Å². The number of halogens is 1. The highest BCUT2D eigenvalue weighted by Crippen LogP contribution is 2.32. The van der Waals surface area contributed by atoms with Crippen molar-refractivity contribution < 1.29 is 13.2 Å². The second-order valence-electron chi connectivity index (χ2n) is 7.45. The van der Waals surface area contributed by atoms with Gasteiger partial charge >= 0.3 is 0 Å². The summed E-state index contributed by atoms with van der Waals surface area (Å²) in [6, 6.07) is 21.1. The van der Waals surface area contributed by atoms with E-state index in [0.29, 0.717) is 30.2 Å². The molecule has 0 aliphatic heterocycles. The van der Waals surface area contributed by atoms with E-state index < -0.39 is 22.0 Å². The Morgan fingerprint density at radius 3 is 2.38 bits per heavy atom. The molecule has 150 valence electrons. The molecule has 3 atom stereocenters. The fourth-order valence-electron chi connectivity index (χ4n) is 4.06. The summed E-state index contributed by atoms with van der Waals surface area (Å²) in [4.78, 5) is 13.3. The number of benzene rings is 3. The zero-order valence-electron chi connectivity index (χ0n) is 15.8. The van der Waals surface area contributed by atoms with Crippen LogP contribution in [0.15, 0.2) is 77.7 Å². The lowest BCUT2D eigenvalue weighted by molar-refractivity contribution is 0.0866. The van der Waals surface area contributed by atoms with Gasteiger partial charge in [-0.1, -0.05) is 66.7 Å². The van der Waals surface area contributed by atoms with Gasteiger partial charge in [0.2, 0.25) is 10.0 Å². The summed E-state index contributed by atoms with van der Waals surface area (Å²) in [6.07, 6.45) is 1.66. The fourth-order valence-corrected chi connectivity index (χ4v) is 5.92. The number of fused-ring (bicyclic) bond motifs is 1. The lowest BCUT2D eigenvalue weighted by Gasteiger charge is -2.33. The van der Waals surface area contributed by atoms with Crippen molar-refractivity contribution in [2.75, 3.05) is 0 Å². The van der Waals surface area contributed by atoms with Gasteiger partial charge in [-0.05, 0) is 30.7 Å². The van der Waals surface area contributed by atoms with Crippen molar-refractivity contribution in [3.05, 3.63) is 78.4 Å². The second kappa shape index (κ2) is 8.27. The summed E-state index contributed by atoms with van der Waals surface area (Å²) in [6.45, 7) is 0. The average molecular weight is 428 g/mol. The van der Waals surface area contributed by atoms with Gasteiger partial charge in [-0.15, -0.1) is 11.6 Å². The van der Waals surface area contributed by atoms with E-state index in [0.717, 1.165) is 5.39 Å². The Hall–Kier alpha value is -2.21. The molecule has 3 aromatic carbocycles. The maximum atomic E-state index is 13.2. The van der Waals surface area contributed by atoms with Gasteiger partial charge in [-0.2, -0.15) is 0 Å². The molecule has 6 heteroatoms. The predicted molar refractivity (Wildman–Crippen MR) is 116 cm³/mol. The number of rotatable bonds is 5. The summed E-state index contributed by atoms with van der Waals surface area (Å²) in [5, 5.41) is 1.39. The molecular weight excluding hydrogens is 406 g/mol. The average Bonchev–Trinajstić information content (AvgIpc) is 2.74. The number of carbonyl (C=O) groups is 1. The zero-order valence-corrected chi connectivity index (χ0v) is 17.4. The van der Waals surface area contributed by atoms with E-state index in [2.05, 4.69) is 4.72 Å². The van der Waals surface area contributed by atoms with Crippen LogP contribution in [0.25, 0.3) is 10.8 Å². The van der Waals surface area contributed by atoms with E-state index in [1.54, 1.807) is 30.3 Å². The first-order valence-electron chi connectivity index (χ1n) is 9.69. The normalized spacial score (nSPS) is 22.4. The Morgan fingerprint density at radius 1 is 0.897 bits per heavy atom. The van der Waals surface area contributed by atoms with Crippen molar-refractivity contribution in [3.63, 3.8) is 0 Å². The maximum Gasteiger partial charge on any atom is 0.241 e. The van der Waals surface area contributed by atoms with E-state index in [9.17, 15) is 13.2 Å². The van der Waals surface area contributed by atoms with Crippen LogP contribution < -0.4 is 4.72 Å². The molecule has 0 radical (unpaired) electrons. The van der Waals surface area contributed by atoms with Gasteiger partial charge in [0.05, 0.1) is 4.90 Å². The van der Waals surface area contributed by atoms with Gasteiger partial charge < -0.3 is 0 Å². The third-order valence-electron chi connectivity index (χ3n) is 5.53. The minimum absolute atomic E-state index is 0.0680. The maximum absolute atomic E-state index is 13.2. The molecule has 1 aliphatic rings.